The summed E-state index contributed by atoms with van der Waals surface area (Å²) in [5, 5.41) is 10.9. The lowest BCUT2D eigenvalue weighted by Crippen LogP contribution is -2.51. The molecule has 0 radical (unpaired) electrons. The molecule has 1 spiro atoms. The second-order valence-electron chi connectivity index (χ2n) is 5.52. The highest BCUT2D eigenvalue weighted by molar-refractivity contribution is 7.89. The number of aromatic nitrogens is 4. The summed E-state index contributed by atoms with van der Waals surface area (Å²) in [4.78, 5) is 0.324. The highest BCUT2D eigenvalue weighted by Gasteiger charge is 2.55. The Labute approximate surface area is 116 Å². The second-order valence-corrected chi connectivity index (χ2v) is 7.46. The molecule has 0 bridgehead atoms. The van der Waals surface area contributed by atoms with E-state index < -0.39 is 10.0 Å². The number of nitrogens with zero attached hydrogens (tertiary/aromatic N) is 5. The fourth-order valence-corrected chi connectivity index (χ4v) is 4.23. The summed E-state index contributed by atoms with van der Waals surface area (Å²) in [5.74, 6) is 0. The normalized spacial score (nSPS) is 20.8. The van der Waals surface area contributed by atoms with Crippen LogP contribution in [0.15, 0.2) is 35.5 Å². The largest absolute Gasteiger partial charge is 0.243 e. The van der Waals surface area contributed by atoms with E-state index in [9.17, 15) is 8.42 Å². The van der Waals surface area contributed by atoms with Gasteiger partial charge in [0.25, 0.3) is 0 Å². The van der Waals surface area contributed by atoms with Crippen molar-refractivity contribution in [3.05, 3.63) is 30.6 Å². The molecule has 0 N–H and O–H groups in total. The lowest BCUT2D eigenvalue weighted by Gasteiger charge is -2.38. The zero-order valence-corrected chi connectivity index (χ0v) is 11.5. The smallest absolute Gasteiger partial charge is 0.207 e. The Kier molecular flexibility index (Phi) is 2.31. The molecule has 7 nitrogen and oxygen atoms in total. The molecule has 2 fully saturated rings. The van der Waals surface area contributed by atoms with Crippen LogP contribution in [0.25, 0.3) is 5.69 Å². The van der Waals surface area contributed by atoms with Gasteiger partial charge in [0.05, 0.1) is 10.6 Å². The molecular weight excluding hydrogens is 278 g/mol. The first-order valence-electron chi connectivity index (χ1n) is 6.43. The third-order valence-electron chi connectivity index (χ3n) is 4.07. The van der Waals surface area contributed by atoms with Crippen LogP contribution in [0.4, 0.5) is 0 Å². The van der Waals surface area contributed by atoms with Gasteiger partial charge in [0, 0.05) is 13.1 Å². The van der Waals surface area contributed by atoms with Crippen LogP contribution in [0.2, 0.25) is 0 Å². The lowest BCUT2D eigenvalue weighted by atomic mass is 10.0. The molecule has 1 aromatic heterocycles. The van der Waals surface area contributed by atoms with Crippen molar-refractivity contribution in [2.24, 2.45) is 5.41 Å². The van der Waals surface area contributed by atoms with Crippen LogP contribution in [0.3, 0.4) is 0 Å². The lowest BCUT2D eigenvalue weighted by molar-refractivity contribution is 0.178. The Morgan fingerprint density at radius 3 is 2.35 bits per heavy atom. The minimum atomic E-state index is -3.35. The Bertz CT molecular complexity index is 727. The molecule has 1 aliphatic carbocycles. The van der Waals surface area contributed by atoms with Gasteiger partial charge in [-0.3, -0.25) is 0 Å². The van der Waals surface area contributed by atoms with Gasteiger partial charge in [-0.15, -0.1) is 5.10 Å². The minimum absolute atomic E-state index is 0.319. The summed E-state index contributed by atoms with van der Waals surface area (Å²) in [7, 11) is -3.35. The van der Waals surface area contributed by atoms with Gasteiger partial charge in [0.2, 0.25) is 10.0 Å². The highest BCUT2D eigenvalue weighted by atomic mass is 32.2. The van der Waals surface area contributed by atoms with E-state index in [0.717, 1.165) is 18.5 Å². The molecule has 1 saturated carbocycles. The van der Waals surface area contributed by atoms with Crippen LogP contribution in [0, 0.1) is 5.41 Å². The second kappa shape index (κ2) is 3.86. The molecule has 0 unspecified atom stereocenters. The predicted molar refractivity (Wildman–Crippen MR) is 69.6 cm³/mol. The summed E-state index contributed by atoms with van der Waals surface area (Å²) in [6.45, 7) is 1.34. The summed E-state index contributed by atoms with van der Waals surface area (Å²) in [5.41, 5.74) is 1.05. The first-order chi connectivity index (χ1) is 9.59. The molecule has 2 aliphatic rings. The number of benzene rings is 1. The molecule has 2 heterocycles. The molecule has 104 valence electrons. The van der Waals surface area contributed by atoms with Gasteiger partial charge in [0.1, 0.15) is 6.33 Å². The van der Waals surface area contributed by atoms with Gasteiger partial charge >= 0.3 is 0 Å². The Morgan fingerprint density at radius 1 is 1.10 bits per heavy atom. The number of sulfonamides is 1. The Hall–Kier alpha value is -1.80. The van der Waals surface area contributed by atoms with Crippen molar-refractivity contribution >= 4 is 10.0 Å². The molecular formula is C12H13N5O2S. The van der Waals surface area contributed by atoms with E-state index >= 15 is 0 Å². The maximum atomic E-state index is 12.4. The van der Waals surface area contributed by atoms with Crippen molar-refractivity contribution in [3.8, 4) is 5.69 Å². The van der Waals surface area contributed by atoms with E-state index in [0.29, 0.717) is 23.4 Å². The van der Waals surface area contributed by atoms with Crippen molar-refractivity contribution in [1.82, 2.24) is 24.5 Å². The van der Waals surface area contributed by atoms with E-state index in [4.69, 9.17) is 0 Å². The van der Waals surface area contributed by atoms with Gasteiger partial charge in [0.15, 0.2) is 0 Å². The minimum Gasteiger partial charge on any atom is -0.207 e. The molecule has 20 heavy (non-hydrogen) atoms. The maximum absolute atomic E-state index is 12.4. The van der Waals surface area contributed by atoms with Gasteiger partial charge in [-0.2, -0.15) is 4.31 Å². The van der Waals surface area contributed by atoms with Crippen LogP contribution in [0.1, 0.15) is 12.8 Å². The van der Waals surface area contributed by atoms with Crippen LogP contribution >= 0.6 is 0 Å². The standard InChI is InChI=1S/C12H13N5O2S/c18-20(19,16-7-12(8-16)5-6-12)11-3-1-10(2-4-11)17-9-13-14-15-17/h1-4,9H,5-8H2. The first-order valence-corrected chi connectivity index (χ1v) is 7.87. The SMILES string of the molecule is O=S(=O)(c1ccc(-n2cnnn2)cc1)N1CC2(CC2)C1. The summed E-state index contributed by atoms with van der Waals surface area (Å²) < 4.78 is 27.9. The molecule has 8 heteroatoms. The average Bonchev–Trinajstić information content (AvgIpc) is 3.04. The fourth-order valence-electron chi connectivity index (χ4n) is 2.56. The zero-order valence-electron chi connectivity index (χ0n) is 10.7. The molecule has 1 aromatic carbocycles. The predicted octanol–water partition coefficient (Wildman–Crippen LogP) is 0.447. The third kappa shape index (κ3) is 1.75. The summed E-state index contributed by atoms with van der Waals surface area (Å²) >= 11 is 0. The van der Waals surface area contributed by atoms with Crippen molar-refractivity contribution in [1.29, 1.82) is 0 Å². The third-order valence-corrected chi connectivity index (χ3v) is 5.87. The number of hydrogen-bond acceptors (Lipinski definition) is 5. The van der Waals surface area contributed by atoms with E-state index in [1.54, 1.807) is 28.6 Å². The zero-order chi connectivity index (χ0) is 13.8. The Balaban J connectivity index is 1.59. The molecule has 1 saturated heterocycles. The van der Waals surface area contributed by atoms with Crippen molar-refractivity contribution in [3.63, 3.8) is 0 Å². The van der Waals surface area contributed by atoms with Gasteiger partial charge in [-0.1, -0.05) is 0 Å². The number of tetrazole rings is 1. The summed E-state index contributed by atoms with van der Waals surface area (Å²) in [6.07, 6.45) is 3.80. The van der Waals surface area contributed by atoms with Crippen molar-refractivity contribution in [2.75, 3.05) is 13.1 Å². The highest BCUT2D eigenvalue weighted by Crippen LogP contribution is 2.54. The molecule has 4 rings (SSSR count). The summed E-state index contributed by atoms with van der Waals surface area (Å²) in [6, 6.07) is 6.61. The van der Waals surface area contributed by atoms with Crippen molar-refractivity contribution < 1.29 is 8.42 Å². The van der Waals surface area contributed by atoms with Crippen LogP contribution in [-0.4, -0.2) is 46.0 Å². The van der Waals surface area contributed by atoms with E-state index in [1.807, 2.05) is 0 Å². The fraction of sp³-hybridized carbons (Fsp3) is 0.417. The quantitative estimate of drug-likeness (QED) is 0.820. The molecule has 0 amide bonds. The van der Waals surface area contributed by atoms with E-state index in [2.05, 4.69) is 15.5 Å². The van der Waals surface area contributed by atoms with E-state index in [1.165, 1.54) is 11.0 Å². The van der Waals surface area contributed by atoms with Crippen LogP contribution < -0.4 is 0 Å². The molecule has 1 aliphatic heterocycles. The Morgan fingerprint density at radius 2 is 1.80 bits per heavy atom. The molecule has 0 atom stereocenters. The van der Waals surface area contributed by atoms with Crippen molar-refractivity contribution in [2.45, 2.75) is 17.7 Å². The molecule has 2 aromatic rings. The topological polar surface area (TPSA) is 81.0 Å². The van der Waals surface area contributed by atoms with Gasteiger partial charge in [-0.05, 0) is 52.9 Å². The van der Waals surface area contributed by atoms with Crippen LogP contribution in [-0.2, 0) is 10.0 Å². The first kappa shape index (κ1) is 12.0. The van der Waals surface area contributed by atoms with Gasteiger partial charge in [-0.25, -0.2) is 13.1 Å². The number of rotatable bonds is 3. The van der Waals surface area contributed by atoms with Crippen LogP contribution in [0.5, 0.6) is 0 Å². The van der Waals surface area contributed by atoms with Gasteiger partial charge < -0.3 is 0 Å². The number of hydrogen-bond donors (Lipinski definition) is 0. The maximum Gasteiger partial charge on any atom is 0.243 e. The van der Waals surface area contributed by atoms with E-state index in [-0.39, 0.29) is 0 Å². The average molecular weight is 291 g/mol. The monoisotopic (exact) mass is 291 g/mol.